The van der Waals surface area contributed by atoms with E-state index in [2.05, 4.69) is 31.0 Å². The first kappa shape index (κ1) is 12.0. The van der Waals surface area contributed by atoms with Crippen LogP contribution in [0.15, 0.2) is 0 Å². The number of hydrogen-bond acceptors (Lipinski definition) is 3. The molecule has 0 aromatic carbocycles. The van der Waals surface area contributed by atoms with Crippen LogP contribution in [0.1, 0.15) is 27.2 Å². The maximum atomic E-state index is 5.65. The van der Waals surface area contributed by atoms with E-state index in [9.17, 15) is 0 Å². The molecule has 0 bridgehead atoms. The fourth-order valence-corrected chi connectivity index (χ4v) is 2.57. The van der Waals surface area contributed by atoms with Crippen LogP contribution in [0.5, 0.6) is 0 Å². The molecule has 3 N–H and O–H groups in total. The first-order chi connectivity index (χ1) is 6.58. The third-order valence-corrected chi connectivity index (χ3v) is 3.07. The standard InChI is InChI=1S/C11H25N3/c1-10(2)8-11(3)9-13-5-7-14(11)6-4-12/h10,13H,4-9,12H2,1-3H3. The molecule has 0 aliphatic carbocycles. The SMILES string of the molecule is CC(C)CC1(C)CNCCN1CCN. The van der Waals surface area contributed by atoms with Gasteiger partial charge in [0.05, 0.1) is 0 Å². The Balaban J connectivity index is 2.59. The summed E-state index contributed by atoms with van der Waals surface area (Å²) >= 11 is 0. The molecule has 1 rings (SSSR count). The van der Waals surface area contributed by atoms with Gasteiger partial charge in [-0.2, -0.15) is 0 Å². The molecule has 0 radical (unpaired) electrons. The average Bonchev–Trinajstić information content (AvgIpc) is 2.08. The molecule has 0 spiro atoms. The maximum absolute atomic E-state index is 5.65. The third kappa shape index (κ3) is 2.94. The van der Waals surface area contributed by atoms with E-state index < -0.39 is 0 Å². The van der Waals surface area contributed by atoms with Crippen LogP contribution in [0.2, 0.25) is 0 Å². The van der Waals surface area contributed by atoms with Crippen molar-refractivity contribution in [3.63, 3.8) is 0 Å². The molecule has 3 heteroatoms. The minimum absolute atomic E-state index is 0.311. The highest BCUT2D eigenvalue weighted by Crippen LogP contribution is 2.24. The second kappa shape index (κ2) is 5.10. The summed E-state index contributed by atoms with van der Waals surface area (Å²) in [6.45, 7) is 12.1. The maximum Gasteiger partial charge on any atom is 0.0309 e. The van der Waals surface area contributed by atoms with E-state index >= 15 is 0 Å². The summed E-state index contributed by atoms with van der Waals surface area (Å²) in [5, 5.41) is 3.49. The minimum atomic E-state index is 0.311. The van der Waals surface area contributed by atoms with E-state index in [0.29, 0.717) is 5.54 Å². The number of nitrogens with two attached hydrogens (primary N) is 1. The molecule has 84 valence electrons. The van der Waals surface area contributed by atoms with Crippen molar-refractivity contribution in [1.29, 1.82) is 0 Å². The zero-order chi connectivity index (χ0) is 10.6. The van der Waals surface area contributed by atoms with Crippen LogP contribution in [0, 0.1) is 5.92 Å². The summed E-state index contributed by atoms with van der Waals surface area (Å²) in [6.07, 6.45) is 1.25. The second-order valence-electron chi connectivity index (χ2n) is 5.05. The normalized spacial score (nSPS) is 29.8. The highest BCUT2D eigenvalue weighted by Gasteiger charge is 2.33. The molecular formula is C11H25N3. The topological polar surface area (TPSA) is 41.3 Å². The molecule has 0 saturated carbocycles. The van der Waals surface area contributed by atoms with Crippen LogP contribution < -0.4 is 11.1 Å². The second-order valence-corrected chi connectivity index (χ2v) is 5.05. The van der Waals surface area contributed by atoms with E-state index in [1.165, 1.54) is 6.42 Å². The quantitative estimate of drug-likeness (QED) is 0.699. The smallest absolute Gasteiger partial charge is 0.0309 e. The van der Waals surface area contributed by atoms with Crippen LogP contribution in [0.3, 0.4) is 0 Å². The number of piperazine rings is 1. The first-order valence-electron chi connectivity index (χ1n) is 5.74. The molecule has 1 saturated heterocycles. The zero-order valence-corrected chi connectivity index (χ0v) is 9.84. The van der Waals surface area contributed by atoms with Crippen LogP contribution >= 0.6 is 0 Å². The van der Waals surface area contributed by atoms with E-state index in [1.807, 2.05) is 0 Å². The molecule has 0 aromatic heterocycles. The van der Waals surface area contributed by atoms with E-state index in [1.54, 1.807) is 0 Å². The van der Waals surface area contributed by atoms with Crippen molar-refractivity contribution >= 4 is 0 Å². The Kier molecular flexibility index (Phi) is 4.35. The van der Waals surface area contributed by atoms with E-state index in [0.717, 1.165) is 38.6 Å². The fourth-order valence-electron chi connectivity index (χ4n) is 2.57. The van der Waals surface area contributed by atoms with Crippen LogP contribution in [-0.4, -0.2) is 43.2 Å². The lowest BCUT2D eigenvalue weighted by Gasteiger charge is -2.46. The zero-order valence-electron chi connectivity index (χ0n) is 9.84. The molecule has 1 aliphatic heterocycles. The van der Waals surface area contributed by atoms with Crippen molar-refractivity contribution in [2.75, 3.05) is 32.7 Å². The Morgan fingerprint density at radius 3 is 2.79 bits per heavy atom. The summed E-state index contributed by atoms with van der Waals surface area (Å²) in [5.41, 5.74) is 5.96. The Labute approximate surface area is 88.0 Å². The summed E-state index contributed by atoms with van der Waals surface area (Å²) in [7, 11) is 0. The van der Waals surface area contributed by atoms with Gasteiger partial charge < -0.3 is 11.1 Å². The van der Waals surface area contributed by atoms with Crippen LogP contribution in [0.4, 0.5) is 0 Å². The number of rotatable bonds is 4. The van der Waals surface area contributed by atoms with Gasteiger partial charge in [-0.25, -0.2) is 0 Å². The lowest BCUT2D eigenvalue weighted by atomic mass is 9.87. The van der Waals surface area contributed by atoms with E-state index in [-0.39, 0.29) is 0 Å². The van der Waals surface area contributed by atoms with Gasteiger partial charge in [0, 0.05) is 38.3 Å². The summed E-state index contributed by atoms with van der Waals surface area (Å²) in [6, 6.07) is 0. The minimum Gasteiger partial charge on any atom is -0.329 e. The van der Waals surface area contributed by atoms with Crippen molar-refractivity contribution in [3.05, 3.63) is 0 Å². The lowest BCUT2D eigenvalue weighted by Crippen LogP contribution is -2.60. The Morgan fingerprint density at radius 1 is 1.50 bits per heavy atom. The van der Waals surface area contributed by atoms with Crippen molar-refractivity contribution in [3.8, 4) is 0 Å². The molecule has 0 aromatic rings. The van der Waals surface area contributed by atoms with Crippen molar-refractivity contribution < 1.29 is 0 Å². The Morgan fingerprint density at radius 2 is 2.21 bits per heavy atom. The van der Waals surface area contributed by atoms with Gasteiger partial charge in [-0.05, 0) is 19.3 Å². The third-order valence-electron chi connectivity index (χ3n) is 3.07. The number of nitrogens with one attached hydrogen (secondary N) is 1. The van der Waals surface area contributed by atoms with Crippen molar-refractivity contribution in [2.24, 2.45) is 11.7 Å². The predicted molar refractivity (Wildman–Crippen MR) is 61.4 cm³/mol. The molecule has 14 heavy (non-hydrogen) atoms. The molecule has 0 amide bonds. The van der Waals surface area contributed by atoms with Gasteiger partial charge >= 0.3 is 0 Å². The first-order valence-corrected chi connectivity index (χ1v) is 5.74. The summed E-state index contributed by atoms with van der Waals surface area (Å²) in [5.74, 6) is 0.750. The highest BCUT2D eigenvalue weighted by molar-refractivity contribution is 4.92. The van der Waals surface area contributed by atoms with Gasteiger partial charge in [0.15, 0.2) is 0 Å². The molecule has 1 atom stereocenters. The van der Waals surface area contributed by atoms with Crippen LogP contribution in [0.25, 0.3) is 0 Å². The Bertz CT molecular complexity index is 168. The molecular weight excluding hydrogens is 174 g/mol. The van der Waals surface area contributed by atoms with Gasteiger partial charge in [0.25, 0.3) is 0 Å². The molecule has 1 unspecified atom stereocenters. The van der Waals surface area contributed by atoms with Gasteiger partial charge in [-0.15, -0.1) is 0 Å². The lowest BCUT2D eigenvalue weighted by molar-refractivity contribution is 0.0598. The Hall–Kier alpha value is -0.120. The van der Waals surface area contributed by atoms with Crippen molar-refractivity contribution in [2.45, 2.75) is 32.7 Å². The van der Waals surface area contributed by atoms with Gasteiger partial charge in [-0.3, -0.25) is 4.90 Å². The number of hydrogen-bond donors (Lipinski definition) is 2. The van der Waals surface area contributed by atoms with Gasteiger partial charge in [0.1, 0.15) is 0 Å². The molecule has 1 heterocycles. The fraction of sp³-hybridized carbons (Fsp3) is 1.00. The van der Waals surface area contributed by atoms with E-state index in [4.69, 9.17) is 5.73 Å². The highest BCUT2D eigenvalue weighted by atomic mass is 15.3. The van der Waals surface area contributed by atoms with Gasteiger partial charge in [-0.1, -0.05) is 13.8 Å². The van der Waals surface area contributed by atoms with Crippen molar-refractivity contribution in [1.82, 2.24) is 10.2 Å². The number of nitrogens with zero attached hydrogens (tertiary/aromatic N) is 1. The molecule has 1 aliphatic rings. The summed E-state index contributed by atoms with van der Waals surface area (Å²) < 4.78 is 0. The largest absolute Gasteiger partial charge is 0.329 e. The molecule has 3 nitrogen and oxygen atoms in total. The average molecular weight is 199 g/mol. The predicted octanol–water partition coefficient (Wildman–Crippen LogP) is 0.655. The summed E-state index contributed by atoms with van der Waals surface area (Å²) in [4.78, 5) is 2.55. The van der Waals surface area contributed by atoms with Gasteiger partial charge in [0.2, 0.25) is 0 Å². The monoisotopic (exact) mass is 199 g/mol. The van der Waals surface area contributed by atoms with Crippen LogP contribution in [-0.2, 0) is 0 Å². The molecule has 1 fully saturated rings.